The van der Waals surface area contributed by atoms with E-state index in [1.165, 1.54) is 23.9 Å². The lowest BCUT2D eigenvalue weighted by atomic mass is 10.1. The highest BCUT2D eigenvalue weighted by Gasteiger charge is 2.24. The monoisotopic (exact) mass is 526 g/mol. The summed E-state index contributed by atoms with van der Waals surface area (Å²) in [4.78, 5) is 17.4. The van der Waals surface area contributed by atoms with Crippen LogP contribution >= 0.6 is 27.7 Å². The van der Waals surface area contributed by atoms with Crippen molar-refractivity contribution in [1.29, 1.82) is 0 Å². The van der Waals surface area contributed by atoms with Gasteiger partial charge in [-0.1, -0.05) is 30.3 Å². The molecule has 1 saturated heterocycles. The third-order valence-corrected chi connectivity index (χ3v) is 6.04. The molecule has 0 unspecified atom stereocenters. The van der Waals surface area contributed by atoms with E-state index in [4.69, 9.17) is 9.47 Å². The Morgan fingerprint density at radius 1 is 1.09 bits per heavy atom. The summed E-state index contributed by atoms with van der Waals surface area (Å²) in [5, 5.41) is 3.31. The second kappa shape index (κ2) is 10.7. The lowest BCUT2D eigenvalue weighted by Gasteiger charge is -2.15. The Balaban J connectivity index is 1.56. The molecule has 0 saturated carbocycles. The number of ether oxygens (including phenoxy) is 2. The summed E-state index contributed by atoms with van der Waals surface area (Å²) in [6, 6.07) is 19.3. The summed E-state index contributed by atoms with van der Waals surface area (Å²) in [5.74, 6) is 0.509. The number of nitrogens with one attached hydrogen (secondary N) is 1. The molecule has 5 nitrogen and oxygen atoms in total. The first-order valence-electron chi connectivity index (χ1n) is 10.2. The van der Waals surface area contributed by atoms with Crippen molar-refractivity contribution < 1.29 is 18.7 Å². The summed E-state index contributed by atoms with van der Waals surface area (Å²) < 4.78 is 25.8. The first-order chi connectivity index (χ1) is 16.0. The number of rotatable bonds is 7. The van der Waals surface area contributed by atoms with Gasteiger partial charge in [-0.15, -0.1) is 0 Å². The lowest BCUT2D eigenvalue weighted by molar-refractivity contribution is -0.115. The number of amides is 1. The van der Waals surface area contributed by atoms with E-state index in [0.29, 0.717) is 38.2 Å². The summed E-state index contributed by atoms with van der Waals surface area (Å²) in [7, 11) is 0. The molecule has 0 aliphatic carbocycles. The molecule has 1 heterocycles. The fourth-order valence-corrected chi connectivity index (χ4v) is 4.52. The van der Waals surface area contributed by atoms with Gasteiger partial charge in [0.1, 0.15) is 12.4 Å². The smallest absolute Gasteiger partial charge is 0.264 e. The zero-order valence-corrected chi connectivity index (χ0v) is 20.1. The maximum atomic E-state index is 13.5. The number of nitrogens with zero attached hydrogens (tertiary/aromatic N) is 1. The van der Waals surface area contributed by atoms with Crippen LogP contribution in [0.15, 0.2) is 81.1 Å². The van der Waals surface area contributed by atoms with Crippen molar-refractivity contribution in [2.75, 3.05) is 6.61 Å². The van der Waals surface area contributed by atoms with E-state index in [9.17, 15) is 9.18 Å². The zero-order chi connectivity index (χ0) is 23.2. The summed E-state index contributed by atoms with van der Waals surface area (Å²) in [5.41, 5.74) is 2.24. The van der Waals surface area contributed by atoms with E-state index >= 15 is 0 Å². The summed E-state index contributed by atoms with van der Waals surface area (Å²) in [6.45, 7) is 2.50. The minimum absolute atomic E-state index is 0.189. The SMILES string of the molecule is CCOc1cc(/C=C2\SC(=Nc3ccccc3)NC2=O)cc(Br)c1OCc1cccc(F)c1. The molecule has 3 aromatic carbocycles. The number of hydrogen-bond acceptors (Lipinski definition) is 5. The molecule has 8 heteroatoms. The molecular weight excluding hydrogens is 507 g/mol. The van der Waals surface area contributed by atoms with Gasteiger partial charge in [0, 0.05) is 0 Å². The van der Waals surface area contributed by atoms with Crippen LogP contribution in [0, 0.1) is 5.82 Å². The number of halogens is 2. The molecule has 1 fully saturated rings. The van der Waals surface area contributed by atoms with Crippen molar-refractivity contribution >= 4 is 50.5 Å². The van der Waals surface area contributed by atoms with Crippen LogP contribution in [0.25, 0.3) is 6.08 Å². The van der Waals surface area contributed by atoms with Gasteiger partial charge in [-0.3, -0.25) is 4.79 Å². The van der Waals surface area contributed by atoms with E-state index in [1.807, 2.05) is 49.4 Å². The zero-order valence-electron chi connectivity index (χ0n) is 17.7. The topological polar surface area (TPSA) is 59.9 Å². The molecule has 0 bridgehead atoms. The van der Waals surface area contributed by atoms with Crippen LogP contribution in [0.3, 0.4) is 0 Å². The Kier molecular flexibility index (Phi) is 7.47. The van der Waals surface area contributed by atoms with Crippen LogP contribution in [0.2, 0.25) is 0 Å². The number of amidine groups is 1. The predicted molar refractivity (Wildman–Crippen MR) is 133 cm³/mol. The largest absolute Gasteiger partial charge is 0.490 e. The van der Waals surface area contributed by atoms with E-state index in [-0.39, 0.29) is 18.3 Å². The highest BCUT2D eigenvalue weighted by atomic mass is 79.9. The van der Waals surface area contributed by atoms with E-state index in [2.05, 4.69) is 26.2 Å². The minimum atomic E-state index is -0.315. The van der Waals surface area contributed by atoms with Gasteiger partial charge in [0.25, 0.3) is 5.91 Å². The third kappa shape index (κ3) is 6.03. The molecule has 0 aromatic heterocycles. The molecular formula is C25H20BrFN2O3S. The van der Waals surface area contributed by atoms with Crippen molar-refractivity contribution in [1.82, 2.24) is 5.32 Å². The number of para-hydroxylation sites is 1. The predicted octanol–water partition coefficient (Wildman–Crippen LogP) is 6.46. The van der Waals surface area contributed by atoms with Crippen molar-refractivity contribution in [2.45, 2.75) is 13.5 Å². The number of carbonyl (C=O) groups excluding carboxylic acids is 1. The molecule has 3 aromatic rings. The molecule has 1 aliphatic rings. The quantitative estimate of drug-likeness (QED) is 0.359. The van der Waals surface area contributed by atoms with E-state index in [1.54, 1.807) is 18.2 Å². The molecule has 0 radical (unpaired) electrons. The fourth-order valence-electron chi connectivity index (χ4n) is 3.11. The first kappa shape index (κ1) is 23.1. The highest BCUT2D eigenvalue weighted by molar-refractivity contribution is 9.10. The van der Waals surface area contributed by atoms with Crippen LogP contribution < -0.4 is 14.8 Å². The second-order valence-corrected chi connectivity index (χ2v) is 8.88. The van der Waals surface area contributed by atoms with Gasteiger partial charge in [0.05, 0.1) is 21.7 Å². The first-order valence-corrected chi connectivity index (χ1v) is 11.8. The van der Waals surface area contributed by atoms with Gasteiger partial charge >= 0.3 is 0 Å². The Bertz CT molecular complexity index is 1230. The third-order valence-electron chi connectivity index (χ3n) is 4.54. The van der Waals surface area contributed by atoms with Crippen molar-refractivity contribution in [3.8, 4) is 11.5 Å². The number of hydrogen-bond donors (Lipinski definition) is 1. The van der Waals surface area contributed by atoms with Gasteiger partial charge in [-0.2, -0.15) is 0 Å². The highest BCUT2D eigenvalue weighted by Crippen LogP contribution is 2.39. The number of aliphatic imine (C=N–C) groups is 1. The fraction of sp³-hybridized carbons (Fsp3) is 0.120. The van der Waals surface area contributed by atoms with Gasteiger partial charge in [0.15, 0.2) is 16.7 Å². The van der Waals surface area contributed by atoms with Gasteiger partial charge in [0.2, 0.25) is 0 Å². The van der Waals surface area contributed by atoms with Gasteiger partial charge in [-0.05, 0) is 88.2 Å². The van der Waals surface area contributed by atoms with Crippen LogP contribution in [0.4, 0.5) is 10.1 Å². The molecule has 168 valence electrons. The van der Waals surface area contributed by atoms with Gasteiger partial charge in [-0.25, -0.2) is 9.38 Å². The maximum absolute atomic E-state index is 13.5. The Morgan fingerprint density at radius 3 is 2.67 bits per heavy atom. The van der Waals surface area contributed by atoms with Gasteiger partial charge < -0.3 is 14.8 Å². The number of carbonyl (C=O) groups is 1. The standard InChI is InChI=1S/C25H20BrFN2O3S/c1-2-31-21-13-17(12-20(26)23(21)32-15-16-7-6-8-18(27)11-16)14-22-24(30)29-25(33-22)28-19-9-4-3-5-10-19/h3-14H,2,15H2,1H3,(H,28,29,30)/b22-14-. The van der Waals surface area contributed by atoms with E-state index < -0.39 is 0 Å². The Labute approximate surface area is 203 Å². The number of benzene rings is 3. The normalized spacial score (nSPS) is 15.7. The number of thioether (sulfide) groups is 1. The molecule has 0 atom stereocenters. The van der Waals surface area contributed by atoms with Crippen molar-refractivity contribution in [2.24, 2.45) is 4.99 Å². The second-order valence-electron chi connectivity index (χ2n) is 7.00. The molecule has 33 heavy (non-hydrogen) atoms. The Hall–Kier alpha value is -3.10. The molecule has 0 spiro atoms. The summed E-state index contributed by atoms with van der Waals surface area (Å²) >= 11 is 4.81. The summed E-state index contributed by atoms with van der Waals surface area (Å²) in [6.07, 6.45) is 1.77. The van der Waals surface area contributed by atoms with Crippen molar-refractivity contribution in [3.63, 3.8) is 0 Å². The average molecular weight is 527 g/mol. The molecule has 1 amide bonds. The Morgan fingerprint density at radius 2 is 1.91 bits per heavy atom. The van der Waals surface area contributed by atoms with Crippen LogP contribution in [0.1, 0.15) is 18.1 Å². The molecule has 4 rings (SSSR count). The molecule has 1 N–H and O–H groups in total. The molecule has 1 aliphatic heterocycles. The van der Waals surface area contributed by atoms with E-state index in [0.717, 1.165) is 11.3 Å². The lowest BCUT2D eigenvalue weighted by Crippen LogP contribution is -2.19. The maximum Gasteiger partial charge on any atom is 0.264 e. The van der Waals surface area contributed by atoms with Crippen LogP contribution in [-0.4, -0.2) is 17.7 Å². The van der Waals surface area contributed by atoms with Crippen LogP contribution in [-0.2, 0) is 11.4 Å². The van der Waals surface area contributed by atoms with Crippen LogP contribution in [0.5, 0.6) is 11.5 Å². The average Bonchev–Trinajstić information content (AvgIpc) is 3.12. The minimum Gasteiger partial charge on any atom is -0.490 e. The van der Waals surface area contributed by atoms with Crippen molar-refractivity contribution in [3.05, 3.63) is 93.1 Å².